The summed E-state index contributed by atoms with van der Waals surface area (Å²) in [6, 6.07) is 7.63. The van der Waals surface area contributed by atoms with Gasteiger partial charge in [0.1, 0.15) is 5.82 Å². The van der Waals surface area contributed by atoms with Gasteiger partial charge in [-0.3, -0.25) is 4.79 Å². The number of nitrogen functional groups attached to an aromatic ring is 1. The summed E-state index contributed by atoms with van der Waals surface area (Å²) in [6.07, 6.45) is -5.05. The summed E-state index contributed by atoms with van der Waals surface area (Å²) >= 11 is 0. The highest BCUT2D eigenvalue weighted by Crippen LogP contribution is 2.38. The third kappa shape index (κ3) is 3.31. The number of aromatic nitrogens is 1. The Hall–Kier alpha value is -2.57. The van der Waals surface area contributed by atoms with Crippen molar-refractivity contribution < 1.29 is 23.1 Å². The Morgan fingerprint density at radius 3 is 2.43 bits per heavy atom. The van der Waals surface area contributed by atoms with Crippen LogP contribution in [0.4, 0.5) is 19.0 Å². The lowest BCUT2D eigenvalue weighted by atomic mass is 9.97. The Morgan fingerprint density at radius 1 is 1.14 bits per heavy atom. The van der Waals surface area contributed by atoms with Crippen LogP contribution in [0.2, 0.25) is 0 Å². The van der Waals surface area contributed by atoms with Gasteiger partial charge < -0.3 is 10.8 Å². The van der Waals surface area contributed by atoms with Crippen LogP contribution in [0, 0.1) is 0 Å². The molecule has 7 heteroatoms. The van der Waals surface area contributed by atoms with E-state index in [1.807, 2.05) is 0 Å². The highest BCUT2D eigenvalue weighted by Gasteiger charge is 2.33. The summed E-state index contributed by atoms with van der Waals surface area (Å²) in [5.41, 5.74) is 4.63. The summed E-state index contributed by atoms with van der Waals surface area (Å²) in [4.78, 5) is 14.7. The number of carboxylic acid groups (broad SMARTS) is 1. The maximum Gasteiger partial charge on any atom is 0.417 e. The normalized spacial score (nSPS) is 11.4. The lowest BCUT2D eigenvalue weighted by Crippen LogP contribution is -2.10. The summed E-state index contributed by atoms with van der Waals surface area (Å²) in [5.74, 6) is -1.14. The number of carboxylic acids is 1. The van der Waals surface area contributed by atoms with Crippen LogP contribution >= 0.6 is 0 Å². The number of anilines is 1. The number of nitrogens with zero attached hydrogens (tertiary/aromatic N) is 1. The van der Waals surface area contributed by atoms with Gasteiger partial charge in [0, 0.05) is 5.56 Å². The van der Waals surface area contributed by atoms with Gasteiger partial charge in [0.05, 0.1) is 17.7 Å². The predicted molar refractivity (Wildman–Crippen MR) is 70.4 cm³/mol. The zero-order valence-corrected chi connectivity index (χ0v) is 10.7. The molecule has 0 aliphatic carbocycles. The third-order valence-electron chi connectivity index (χ3n) is 2.84. The lowest BCUT2D eigenvalue weighted by Gasteiger charge is -2.15. The number of hydrogen-bond acceptors (Lipinski definition) is 3. The Kier molecular flexibility index (Phi) is 3.84. The topological polar surface area (TPSA) is 76.2 Å². The zero-order chi connectivity index (χ0) is 15.6. The van der Waals surface area contributed by atoms with Crippen LogP contribution in [0.5, 0.6) is 0 Å². The van der Waals surface area contributed by atoms with Gasteiger partial charge >= 0.3 is 12.1 Å². The van der Waals surface area contributed by atoms with Gasteiger partial charge in [-0.05, 0) is 23.8 Å². The number of hydrogen-bond donors (Lipinski definition) is 2. The molecule has 3 N–H and O–H groups in total. The minimum absolute atomic E-state index is 0.000741. The highest BCUT2D eigenvalue weighted by molar-refractivity contribution is 5.77. The first-order valence-electron chi connectivity index (χ1n) is 5.93. The van der Waals surface area contributed by atoms with Crippen molar-refractivity contribution in [3.8, 4) is 11.1 Å². The number of alkyl halides is 3. The minimum atomic E-state index is -4.54. The maximum absolute atomic E-state index is 13.0. The first-order valence-corrected chi connectivity index (χ1v) is 5.93. The van der Waals surface area contributed by atoms with E-state index in [4.69, 9.17) is 10.8 Å². The van der Waals surface area contributed by atoms with Crippen LogP contribution in [0.25, 0.3) is 11.1 Å². The van der Waals surface area contributed by atoms with E-state index in [9.17, 15) is 18.0 Å². The van der Waals surface area contributed by atoms with E-state index >= 15 is 0 Å². The molecule has 0 saturated carbocycles. The van der Waals surface area contributed by atoms with Gasteiger partial charge in [-0.15, -0.1) is 0 Å². The highest BCUT2D eigenvalue weighted by atomic mass is 19.4. The van der Waals surface area contributed by atoms with Crippen LogP contribution in [0.3, 0.4) is 0 Å². The van der Waals surface area contributed by atoms with E-state index in [1.54, 1.807) is 0 Å². The number of carbonyl (C=O) groups is 1. The monoisotopic (exact) mass is 296 g/mol. The zero-order valence-electron chi connectivity index (χ0n) is 10.7. The van der Waals surface area contributed by atoms with E-state index in [2.05, 4.69) is 4.98 Å². The lowest BCUT2D eigenvalue weighted by molar-refractivity contribution is -0.137. The second-order valence-electron chi connectivity index (χ2n) is 4.34. The average Bonchev–Trinajstić information content (AvgIpc) is 2.37. The molecule has 0 bridgehead atoms. The summed E-state index contributed by atoms with van der Waals surface area (Å²) in [7, 11) is 0. The fourth-order valence-electron chi connectivity index (χ4n) is 2.01. The molecule has 0 unspecified atom stereocenters. The molecule has 4 nitrogen and oxygen atoms in total. The van der Waals surface area contributed by atoms with Gasteiger partial charge in [0.2, 0.25) is 0 Å². The smallest absolute Gasteiger partial charge is 0.417 e. The van der Waals surface area contributed by atoms with Crippen molar-refractivity contribution in [2.75, 3.05) is 5.73 Å². The number of pyridine rings is 1. The molecular weight excluding hydrogens is 285 g/mol. The quantitative estimate of drug-likeness (QED) is 0.913. The van der Waals surface area contributed by atoms with Gasteiger partial charge in [-0.1, -0.05) is 18.2 Å². The van der Waals surface area contributed by atoms with Crippen molar-refractivity contribution in [2.24, 2.45) is 0 Å². The van der Waals surface area contributed by atoms with Gasteiger partial charge in [0.15, 0.2) is 0 Å². The van der Waals surface area contributed by atoms with Crippen molar-refractivity contribution in [1.82, 2.24) is 4.98 Å². The average molecular weight is 296 g/mol. The molecule has 0 atom stereocenters. The first-order chi connectivity index (χ1) is 9.79. The first kappa shape index (κ1) is 14.8. The Bertz CT molecular complexity index is 684. The molecular formula is C14H11F3N2O2. The van der Waals surface area contributed by atoms with Crippen molar-refractivity contribution in [3.05, 3.63) is 47.7 Å². The van der Waals surface area contributed by atoms with Crippen molar-refractivity contribution >= 4 is 11.8 Å². The van der Waals surface area contributed by atoms with Crippen molar-refractivity contribution in [1.29, 1.82) is 0 Å². The van der Waals surface area contributed by atoms with Gasteiger partial charge in [-0.25, -0.2) is 4.98 Å². The van der Waals surface area contributed by atoms with Crippen LogP contribution < -0.4 is 5.73 Å². The number of nitrogens with two attached hydrogens (primary N) is 1. The molecule has 0 spiro atoms. The van der Waals surface area contributed by atoms with Crippen LogP contribution in [0.1, 0.15) is 11.3 Å². The molecule has 1 heterocycles. The molecule has 0 aliphatic rings. The fraction of sp³-hybridized carbons (Fsp3) is 0.143. The van der Waals surface area contributed by atoms with Crippen LogP contribution in [-0.2, 0) is 17.4 Å². The number of halogens is 3. The van der Waals surface area contributed by atoms with Crippen molar-refractivity contribution in [3.63, 3.8) is 0 Å². The molecule has 0 fully saturated rings. The second-order valence-corrected chi connectivity index (χ2v) is 4.34. The Balaban J connectivity index is 2.65. The molecule has 1 aromatic carbocycles. The Morgan fingerprint density at radius 2 is 1.81 bits per heavy atom. The molecule has 2 aromatic rings. The molecule has 0 amide bonds. The van der Waals surface area contributed by atoms with Gasteiger partial charge in [-0.2, -0.15) is 13.2 Å². The van der Waals surface area contributed by atoms with Gasteiger partial charge in [0.25, 0.3) is 0 Å². The van der Waals surface area contributed by atoms with Crippen molar-refractivity contribution in [2.45, 2.75) is 12.6 Å². The molecule has 0 aliphatic heterocycles. The molecule has 0 saturated heterocycles. The van der Waals surface area contributed by atoms with Crippen LogP contribution in [0.15, 0.2) is 36.4 Å². The van der Waals surface area contributed by atoms with E-state index in [-0.39, 0.29) is 22.6 Å². The summed E-state index contributed by atoms with van der Waals surface area (Å²) in [6.45, 7) is 0. The third-order valence-corrected chi connectivity index (χ3v) is 2.84. The number of benzene rings is 1. The van der Waals surface area contributed by atoms with E-state index in [0.29, 0.717) is 0 Å². The second kappa shape index (κ2) is 5.43. The molecule has 1 aromatic heterocycles. The fourth-order valence-corrected chi connectivity index (χ4v) is 2.01. The SMILES string of the molecule is Nc1ccc(-c2ccccc2C(F)(F)F)c(CC(=O)O)n1. The standard InChI is InChI=1S/C14H11F3N2O2/c15-14(16,17)10-4-2-1-3-8(10)9-5-6-12(18)19-11(9)7-13(20)21/h1-6H,7H2,(H2,18,19)(H,20,21). The van der Waals surface area contributed by atoms with Crippen LogP contribution in [-0.4, -0.2) is 16.1 Å². The van der Waals surface area contributed by atoms with E-state index < -0.39 is 24.1 Å². The summed E-state index contributed by atoms with van der Waals surface area (Å²) in [5, 5.41) is 8.86. The maximum atomic E-state index is 13.0. The Labute approximate surface area is 118 Å². The van der Waals surface area contributed by atoms with E-state index in [0.717, 1.165) is 6.07 Å². The van der Waals surface area contributed by atoms with E-state index in [1.165, 1.54) is 30.3 Å². The minimum Gasteiger partial charge on any atom is -0.481 e. The molecule has 110 valence electrons. The summed E-state index contributed by atoms with van der Waals surface area (Å²) < 4.78 is 39.1. The molecule has 21 heavy (non-hydrogen) atoms. The molecule has 2 rings (SSSR count). The largest absolute Gasteiger partial charge is 0.481 e. The predicted octanol–water partition coefficient (Wildman–Crippen LogP) is 2.98. The number of rotatable bonds is 3. The molecule has 0 radical (unpaired) electrons. The number of aliphatic carboxylic acids is 1.